The van der Waals surface area contributed by atoms with E-state index in [0.29, 0.717) is 6.42 Å². The van der Waals surface area contributed by atoms with E-state index in [1.165, 1.54) is 7.11 Å². The van der Waals surface area contributed by atoms with Crippen LogP contribution in [0, 0.1) is 0 Å². The summed E-state index contributed by atoms with van der Waals surface area (Å²) in [5.41, 5.74) is 0. The summed E-state index contributed by atoms with van der Waals surface area (Å²) < 4.78 is 4.60. The SMILES string of the molecule is COC(=O)CC(C)NC1CCCCC1O. The second kappa shape index (κ2) is 6.08. The minimum absolute atomic E-state index is 0.0650. The first-order valence-electron chi connectivity index (χ1n) is 5.64. The molecule has 3 atom stereocenters. The van der Waals surface area contributed by atoms with Gasteiger partial charge in [-0.25, -0.2) is 0 Å². The average molecular weight is 215 g/mol. The molecule has 3 unspecified atom stereocenters. The van der Waals surface area contributed by atoms with Crippen LogP contribution in [0.15, 0.2) is 0 Å². The molecule has 1 rings (SSSR count). The van der Waals surface area contributed by atoms with E-state index in [1.54, 1.807) is 0 Å². The third-order valence-electron chi connectivity index (χ3n) is 2.93. The van der Waals surface area contributed by atoms with E-state index in [2.05, 4.69) is 10.1 Å². The Labute approximate surface area is 91.0 Å². The molecule has 0 amide bonds. The van der Waals surface area contributed by atoms with Gasteiger partial charge in [0.15, 0.2) is 0 Å². The van der Waals surface area contributed by atoms with Gasteiger partial charge >= 0.3 is 5.97 Å². The van der Waals surface area contributed by atoms with Gasteiger partial charge in [0.25, 0.3) is 0 Å². The highest BCUT2D eigenvalue weighted by Crippen LogP contribution is 2.19. The quantitative estimate of drug-likeness (QED) is 0.682. The van der Waals surface area contributed by atoms with Gasteiger partial charge in [0.05, 0.1) is 19.6 Å². The summed E-state index contributed by atoms with van der Waals surface area (Å²) >= 11 is 0. The van der Waals surface area contributed by atoms with Gasteiger partial charge in [-0.3, -0.25) is 4.79 Å². The molecule has 88 valence electrons. The lowest BCUT2D eigenvalue weighted by atomic mass is 9.92. The van der Waals surface area contributed by atoms with Crippen molar-refractivity contribution in [2.45, 2.75) is 57.2 Å². The first kappa shape index (κ1) is 12.5. The topological polar surface area (TPSA) is 58.6 Å². The number of ether oxygens (including phenoxy) is 1. The molecular formula is C11H21NO3. The molecule has 4 heteroatoms. The van der Waals surface area contributed by atoms with Crippen molar-refractivity contribution in [2.75, 3.05) is 7.11 Å². The highest BCUT2D eigenvalue weighted by atomic mass is 16.5. The molecule has 0 aromatic rings. The van der Waals surface area contributed by atoms with Crippen LogP contribution in [0.2, 0.25) is 0 Å². The molecule has 1 aliphatic carbocycles. The lowest BCUT2D eigenvalue weighted by Crippen LogP contribution is -2.46. The van der Waals surface area contributed by atoms with E-state index in [4.69, 9.17) is 0 Å². The second-order valence-corrected chi connectivity index (χ2v) is 4.31. The van der Waals surface area contributed by atoms with Crippen LogP contribution in [-0.4, -0.2) is 36.4 Å². The fraction of sp³-hybridized carbons (Fsp3) is 0.909. The molecule has 1 saturated carbocycles. The molecule has 4 nitrogen and oxygen atoms in total. The smallest absolute Gasteiger partial charge is 0.307 e. The van der Waals surface area contributed by atoms with Crippen LogP contribution in [0.25, 0.3) is 0 Å². The molecule has 0 spiro atoms. The van der Waals surface area contributed by atoms with E-state index in [1.807, 2.05) is 6.92 Å². The van der Waals surface area contributed by atoms with Gasteiger partial charge in [-0.15, -0.1) is 0 Å². The molecule has 0 aromatic heterocycles. The van der Waals surface area contributed by atoms with Gasteiger partial charge in [0, 0.05) is 12.1 Å². The molecular weight excluding hydrogens is 194 g/mol. The molecule has 1 fully saturated rings. The first-order valence-corrected chi connectivity index (χ1v) is 5.64. The van der Waals surface area contributed by atoms with Crippen molar-refractivity contribution in [2.24, 2.45) is 0 Å². The van der Waals surface area contributed by atoms with Gasteiger partial charge in [-0.1, -0.05) is 12.8 Å². The number of aliphatic hydroxyl groups excluding tert-OH is 1. The minimum atomic E-state index is -0.265. The van der Waals surface area contributed by atoms with E-state index < -0.39 is 0 Å². The van der Waals surface area contributed by atoms with E-state index in [9.17, 15) is 9.90 Å². The van der Waals surface area contributed by atoms with Crippen LogP contribution in [0.3, 0.4) is 0 Å². The van der Waals surface area contributed by atoms with Gasteiger partial charge in [-0.05, 0) is 19.8 Å². The number of hydrogen-bond acceptors (Lipinski definition) is 4. The van der Waals surface area contributed by atoms with Gasteiger partial charge < -0.3 is 15.2 Å². The maximum Gasteiger partial charge on any atom is 0.307 e. The number of esters is 1. The van der Waals surface area contributed by atoms with Crippen molar-refractivity contribution < 1.29 is 14.6 Å². The summed E-state index contributed by atoms with van der Waals surface area (Å²) in [6.45, 7) is 1.94. The van der Waals surface area contributed by atoms with Crippen LogP contribution in [0.5, 0.6) is 0 Å². The summed E-state index contributed by atoms with van der Waals surface area (Å²) in [6, 6.07) is 0.202. The standard InChI is InChI=1S/C11H21NO3/c1-8(7-11(14)15-2)12-9-5-3-4-6-10(9)13/h8-10,12-13H,3-7H2,1-2H3. The molecule has 0 radical (unpaired) electrons. The number of rotatable bonds is 4. The lowest BCUT2D eigenvalue weighted by Gasteiger charge is -2.30. The number of methoxy groups -OCH3 is 1. The van der Waals surface area contributed by atoms with E-state index in [-0.39, 0.29) is 24.2 Å². The Hall–Kier alpha value is -0.610. The summed E-state index contributed by atoms with van der Waals surface area (Å²) in [6.07, 6.45) is 4.21. The number of carbonyl (C=O) groups excluding carboxylic acids is 1. The van der Waals surface area contributed by atoms with Crippen LogP contribution < -0.4 is 5.32 Å². The molecule has 0 heterocycles. The molecule has 0 aromatic carbocycles. The first-order chi connectivity index (χ1) is 7.13. The largest absolute Gasteiger partial charge is 0.469 e. The summed E-state index contributed by atoms with van der Waals surface area (Å²) in [5.74, 6) is -0.208. The normalized spacial score (nSPS) is 28.5. The molecule has 0 bridgehead atoms. The van der Waals surface area contributed by atoms with Gasteiger partial charge in [-0.2, -0.15) is 0 Å². The monoisotopic (exact) mass is 215 g/mol. The van der Waals surface area contributed by atoms with Gasteiger partial charge in [0.1, 0.15) is 0 Å². The van der Waals surface area contributed by atoms with E-state index >= 15 is 0 Å². The zero-order valence-corrected chi connectivity index (χ0v) is 9.53. The van der Waals surface area contributed by atoms with Gasteiger partial charge in [0.2, 0.25) is 0 Å². The zero-order chi connectivity index (χ0) is 11.3. The third kappa shape index (κ3) is 4.18. The molecule has 1 aliphatic rings. The van der Waals surface area contributed by atoms with Crippen molar-refractivity contribution >= 4 is 5.97 Å². The highest BCUT2D eigenvalue weighted by Gasteiger charge is 2.24. The Bertz CT molecular complexity index is 208. The summed E-state index contributed by atoms with van der Waals surface area (Å²) in [5, 5.41) is 13.0. The Morgan fingerprint density at radius 1 is 1.53 bits per heavy atom. The average Bonchev–Trinajstić information content (AvgIpc) is 2.21. The highest BCUT2D eigenvalue weighted by molar-refractivity contribution is 5.69. The van der Waals surface area contributed by atoms with Crippen molar-refractivity contribution in [3.8, 4) is 0 Å². The number of aliphatic hydroxyl groups is 1. The van der Waals surface area contributed by atoms with Crippen LogP contribution in [-0.2, 0) is 9.53 Å². The maximum atomic E-state index is 11.0. The predicted molar refractivity (Wildman–Crippen MR) is 57.5 cm³/mol. The van der Waals surface area contributed by atoms with E-state index in [0.717, 1.165) is 25.7 Å². The molecule has 0 saturated heterocycles. The van der Waals surface area contributed by atoms with Crippen LogP contribution in [0.1, 0.15) is 39.0 Å². The Morgan fingerprint density at radius 3 is 2.80 bits per heavy atom. The Morgan fingerprint density at radius 2 is 2.20 bits per heavy atom. The number of hydrogen-bond donors (Lipinski definition) is 2. The summed E-state index contributed by atoms with van der Waals surface area (Å²) in [7, 11) is 1.39. The summed E-state index contributed by atoms with van der Waals surface area (Å²) in [4.78, 5) is 11.0. The maximum absolute atomic E-state index is 11.0. The zero-order valence-electron chi connectivity index (χ0n) is 9.53. The number of carbonyl (C=O) groups is 1. The van der Waals surface area contributed by atoms with Crippen molar-refractivity contribution in [1.82, 2.24) is 5.32 Å². The Balaban J connectivity index is 2.29. The predicted octanol–water partition coefficient (Wildman–Crippen LogP) is 0.831. The molecule has 2 N–H and O–H groups in total. The fourth-order valence-electron chi connectivity index (χ4n) is 2.06. The Kier molecular flexibility index (Phi) is 5.05. The fourth-order valence-corrected chi connectivity index (χ4v) is 2.06. The third-order valence-corrected chi connectivity index (χ3v) is 2.93. The van der Waals surface area contributed by atoms with Crippen LogP contribution in [0.4, 0.5) is 0 Å². The van der Waals surface area contributed by atoms with Crippen molar-refractivity contribution in [3.63, 3.8) is 0 Å². The van der Waals surface area contributed by atoms with Crippen molar-refractivity contribution in [3.05, 3.63) is 0 Å². The minimum Gasteiger partial charge on any atom is -0.469 e. The number of nitrogens with one attached hydrogen (secondary N) is 1. The second-order valence-electron chi connectivity index (χ2n) is 4.31. The van der Waals surface area contributed by atoms with Crippen LogP contribution >= 0.6 is 0 Å². The molecule has 0 aliphatic heterocycles. The van der Waals surface area contributed by atoms with Crippen molar-refractivity contribution in [1.29, 1.82) is 0 Å². The lowest BCUT2D eigenvalue weighted by molar-refractivity contribution is -0.141. The molecule has 15 heavy (non-hydrogen) atoms.